The lowest BCUT2D eigenvalue weighted by atomic mass is 9.95. The lowest BCUT2D eigenvalue weighted by molar-refractivity contribution is 0.620. The number of hydrogen-bond donors (Lipinski definition) is 0. The van der Waals surface area contributed by atoms with Crippen LogP contribution in [-0.4, -0.2) is 19.9 Å². The Balaban J connectivity index is 0.888. The van der Waals surface area contributed by atoms with Crippen molar-refractivity contribution in [1.82, 2.24) is 19.9 Å². The van der Waals surface area contributed by atoms with Gasteiger partial charge in [-0.3, -0.25) is 0 Å². The molecule has 4 aromatic heterocycles. The van der Waals surface area contributed by atoms with E-state index in [1.807, 2.05) is 36.4 Å². The zero-order valence-electron chi connectivity index (χ0n) is 34.6. The van der Waals surface area contributed by atoms with E-state index < -0.39 is 0 Å². The molecule has 5 nitrogen and oxygen atoms in total. The number of thiophene rings is 2. The Labute approximate surface area is 381 Å². The highest BCUT2D eigenvalue weighted by Gasteiger charge is 2.19. The van der Waals surface area contributed by atoms with E-state index >= 15 is 0 Å². The van der Waals surface area contributed by atoms with Gasteiger partial charge in [0.2, 0.25) is 5.89 Å². The summed E-state index contributed by atoms with van der Waals surface area (Å²) in [5.41, 5.74) is 12.0. The molecule has 0 fully saturated rings. The summed E-state index contributed by atoms with van der Waals surface area (Å²) >= 11 is 3.60. The fourth-order valence-corrected chi connectivity index (χ4v) is 11.3. The lowest BCUT2D eigenvalue weighted by Crippen LogP contribution is -2.00. The second kappa shape index (κ2) is 15.3. The summed E-state index contributed by atoms with van der Waals surface area (Å²) in [6.45, 7) is 0. The molecule has 7 heteroatoms. The van der Waals surface area contributed by atoms with Crippen LogP contribution in [0.25, 0.3) is 130 Å². The first-order valence-electron chi connectivity index (χ1n) is 21.5. The average molecular weight is 867 g/mol. The van der Waals surface area contributed by atoms with Crippen molar-refractivity contribution >= 4 is 74.1 Å². The Morgan fingerprint density at radius 2 is 0.800 bits per heavy atom. The van der Waals surface area contributed by atoms with Crippen LogP contribution in [0.4, 0.5) is 0 Å². The van der Waals surface area contributed by atoms with Gasteiger partial charge in [-0.1, -0.05) is 140 Å². The fourth-order valence-electron chi connectivity index (χ4n) is 8.98. The summed E-state index contributed by atoms with van der Waals surface area (Å²) < 4.78 is 11.2. The van der Waals surface area contributed by atoms with Gasteiger partial charge in [-0.25, -0.2) is 19.9 Å². The summed E-state index contributed by atoms with van der Waals surface area (Å²) in [6, 6.07) is 72.4. The van der Waals surface area contributed by atoms with Crippen molar-refractivity contribution in [3.63, 3.8) is 0 Å². The first kappa shape index (κ1) is 37.5. The summed E-state index contributed by atoms with van der Waals surface area (Å²) in [4.78, 5) is 20.5. The minimum atomic E-state index is 0.623. The van der Waals surface area contributed by atoms with E-state index in [1.54, 1.807) is 22.7 Å². The molecule has 0 radical (unpaired) electrons. The SMILES string of the molecule is c1ccc(-c2nc3ccc(-c4cccc(-c5cccc(-c6cccc(-c7nc(-c8ccc9c(c8)sc8ccccc89)nc(-c8cccc9sc%10ccccc%10c89)n7)c6)c5)c4)cc3o2)cc1. The molecule has 13 aromatic rings. The van der Waals surface area contributed by atoms with Gasteiger partial charge in [0.25, 0.3) is 0 Å². The van der Waals surface area contributed by atoms with Crippen LogP contribution in [0.1, 0.15) is 0 Å². The quantitative estimate of drug-likeness (QED) is 0.160. The van der Waals surface area contributed by atoms with Gasteiger partial charge in [0.15, 0.2) is 23.1 Å². The molecule has 9 aromatic carbocycles. The monoisotopic (exact) mass is 866 g/mol. The predicted molar refractivity (Wildman–Crippen MR) is 271 cm³/mol. The van der Waals surface area contributed by atoms with Crippen LogP contribution in [0, 0.1) is 0 Å². The van der Waals surface area contributed by atoms with E-state index in [2.05, 4.69) is 170 Å². The molecule has 0 saturated heterocycles. The third-order valence-electron chi connectivity index (χ3n) is 12.2. The van der Waals surface area contributed by atoms with Gasteiger partial charge in [-0.05, 0) is 100 Å². The number of hydrogen-bond acceptors (Lipinski definition) is 7. The maximum absolute atomic E-state index is 6.23. The van der Waals surface area contributed by atoms with Gasteiger partial charge >= 0.3 is 0 Å². The maximum atomic E-state index is 6.23. The highest BCUT2D eigenvalue weighted by molar-refractivity contribution is 7.26. The summed E-state index contributed by atoms with van der Waals surface area (Å²) in [7, 11) is 0. The van der Waals surface area contributed by atoms with Crippen molar-refractivity contribution in [3.8, 4) is 79.0 Å². The summed E-state index contributed by atoms with van der Waals surface area (Å²) in [6.07, 6.45) is 0. The van der Waals surface area contributed by atoms with Crippen molar-refractivity contribution in [2.45, 2.75) is 0 Å². The molecule has 0 bridgehead atoms. The van der Waals surface area contributed by atoms with Gasteiger partial charge in [0, 0.05) is 62.6 Å². The van der Waals surface area contributed by atoms with Crippen LogP contribution < -0.4 is 0 Å². The van der Waals surface area contributed by atoms with Gasteiger partial charge in [-0.15, -0.1) is 22.7 Å². The van der Waals surface area contributed by atoms with Crippen molar-refractivity contribution in [2.75, 3.05) is 0 Å². The Morgan fingerprint density at radius 3 is 1.52 bits per heavy atom. The van der Waals surface area contributed by atoms with Crippen LogP contribution >= 0.6 is 22.7 Å². The molecule has 0 N–H and O–H groups in total. The number of rotatable bonds is 7. The molecule has 0 spiro atoms. The van der Waals surface area contributed by atoms with E-state index in [0.717, 1.165) is 66.7 Å². The molecular weight excluding hydrogens is 833 g/mol. The third kappa shape index (κ3) is 6.68. The zero-order valence-corrected chi connectivity index (χ0v) is 36.3. The van der Waals surface area contributed by atoms with Crippen LogP contribution in [0.15, 0.2) is 211 Å². The molecule has 65 heavy (non-hydrogen) atoms. The molecule has 0 saturated carbocycles. The molecule has 0 atom stereocenters. The largest absolute Gasteiger partial charge is 0.436 e. The first-order chi connectivity index (χ1) is 32.1. The predicted octanol–water partition coefficient (Wildman–Crippen LogP) is 16.4. The Kier molecular flexibility index (Phi) is 8.82. The van der Waals surface area contributed by atoms with Gasteiger partial charge in [0.1, 0.15) is 5.52 Å². The highest BCUT2D eigenvalue weighted by Crippen LogP contribution is 2.41. The van der Waals surface area contributed by atoms with Gasteiger partial charge in [-0.2, -0.15) is 0 Å². The molecule has 0 aliphatic rings. The number of aromatic nitrogens is 4. The molecule has 13 rings (SSSR count). The summed E-state index contributed by atoms with van der Waals surface area (Å²) in [5, 5.41) is 4.88. The van der Waals surface area contributed by atoms with Crippen molar-refractivity contribution in [2.24, 2.45) is 0 Å². The Hall–Kier alpha value is -8.10. The average Bonchev–Trinajstić information content (AvgIpc) is 4.10. The minimum Gasteiger partial charge on any atom is -0.436 e. The fraction of sp³-hybridized carbons (Fsp3) is 0. The number of benzene rings is 9. The first-order valence-corrected chi connectivity index (χ1v) is 23.1. The molecule has 0 unspecified atom stereocenters. The molecular formula is C58H34N4OS2. The Bertz CT molecular complexity index is 3980. The van der Waals surface area contributed by atoms with E-state index in [0.29, 0.717) is 23.4 Å². The summed E-state index contributed by atoms with van der Waals surface area (Å²) in [5.74, 6) is 2.55. The van der Waals surface area contributed by atoms with Crippen molar-refractivity contribution in [3.05, 3.63) is 206 Å². The second-order valence-corrected chi connectivity index (χ2v) is 18.4. The minimum absolute atomic E-state index is 0.623. The van der Waals surface area contributed by atoms with E-state index in [-0.39, 0.29) is 0 Å². The topological polar surface area (TPSA) is 64.7 Å². The molecule has 0 aliphatic heterocycles. The Morgan fingerprint density at radius 1 is 0.308 bits per heavy atom. The van der Waals surface area contributed by atoms with Crippen molar-refractivity contribution < 1.29 is 4.42 Å². The van der Waals surface area contributed by atoms with Crippen LogP contribution in [0.3, 0.4) is 0 Å². The standard InChI is InChI=1S/C58H34N4OS2/c1-2-12-35(13-3-1)58-59-48-29-27-41(33-49(48)63-58)39-17-9-15-37(31-39)36-14-8-16-38(30-36)40-18-10-19-42(32-40)55-60-56(43-26-28-45-44-20-4-6-23-50(44)65-53(45)34-43)62-57(61-55)47-22-11-25-52-54(47)46-21-5-7-24-51(46)64-52/h1-34H. The number of fused-ring (bicyclic) bond motifs is 7. The van der Waals surface area contributed by atoms with Gasteiger partial charge < -0.3 is 4.42 Å². The lowest BCUT2D eigenvalue weighted by Gasteiger charge is -2.11. The second-order valence-electron chi connectivity index (χ2n) is 16.2. The molecule has 0 aliphatic carbocycles. The smallest absolute Gasteiger partial charge is 0.227 e. The number of nitrogens with zero attached hydrogens (tertiary/aromatic N) is 4. The molecule has 304 valence electrons. The number of oxazole rings is 1. The molecule has 4 heterocycles. The maximum Gasteiger partial charge on any atom is 0.227 e. The third-order valence-corrected chi connectivity index (χ3v) is 14.4. The van der Waals surface area contributed by atoms with E-state index in [1.165, 1.54) is 40.3 Å². The normalized spacial score (nSPS) is 11.7. The van der Waals surface area contributed by atoms with Gasteiger partial charge in [0.05, 0.1) is 0 Å². The van der Waals surface area contributed by atoms with E-state index in [9.17, 15) is 0 Å². The van der Waals surface area contributed by atoms with Crippen LogP contribution in [0.2, 0.25) is 0 Å². The van der Waals surface area contributed by atoms with Crippen LogP contribution in [0.5, 0.6) is 0 Å². The van der Waals surface area contributed by atoms with Crippen molar-refractivity contribution in [1.29, 1.82) is 0 Å². The zero-order chi connectivity index (χ0) is 42.8. The van der Waals surface area contributed by atoms with Crippen LogP contribution in [-0.2, 0) is 0 Å². The highest BCUT2D eigenvalue weighted by atomic mass is 32.1. The molecule has 0 amide bonds. The van der Waals surface area contributed by atoms with E-state index in [4.69, 9.17) is 24.4 Å².